The van der Waals surface area contributed by atoms with Crippen molar-refractivity contribution in [3.8, 4) is 0 Å². The van der Waals surface area contributed by atoms with Crippen LogP contribution in [0.3, 0.4) is 0 Å². The van der Waals surface area contributed by atoms with Gasteiger partial charge in [-0.05, 0) is 6.92 Å². The monoisotopic (exact) mass is 194 g/mol. The molecule has 1 fully saturated rings. The summed E-state index contributed by atoms with van der Waals surface area (Å²) in [6, 6.07) is 0. The summed E-state index contributed by atoms with van der Waals surface area (Å²) >= 11 is 0. The third-order valence-corrected chi connectivity index (χ3v) is 2.13. The van der Waals surface area contributed by atoms with Crippen LogP contribution in [-0.4, -0.2) is 57.6 Å². The summed E-state index contributed by atoms with van der Waals surface area (Å²) in [6.07, 6.45) is -4.94. The summed E-state index contributed by atoms with van der Waals surface area (Å²) < 4.78 is 5.02. The molecule has 1 heterocycles. The van der Waals surface area contributed by atoms with Crippen LogP contribution < -0.4 is 0 Å². The molecule has 0 bridgehead atoms. The highest BCUT2D eigenvalue weighted by atomic mass is 16.5. The van der Waals surface area contributed by atoms with E-state index >= 15 is 0 Å². The van der Waals surface area contributed by atoms with Crippen molar-refractivity contribution in [1.82, 2.24) is 0 Å². The first-order valence-corrected chi connectivity index (χ1v) is 3.88. The molecule has 1 aliphatic rings. The molecule has 5 nitrogen and oxygen atoms in total. The highest BCUT2D eigenvalue weighted by Crippen LogP contribution is 2.20. The third-order valence-electron chi connectivity index (χ3n) is 2.13. The average Bonchev–Trinajstić information content (AvgIpc) is 2.08. The third kappa shape index (κ3) is 2.38. The first kappa shape index (κ1) is 12.8. The van der Waals surface area contributed by atoms with E-state index in [2.05, 4.69) is 0 Å². The van der Waals surface area contributed by atoms with Gasteiger partial charge in [-0.15, -0.1) is 0 Å². The SMILES string of the molecule is C.CC1OC(CO)C(O)C(O)C1O. The predicted octanol–water partition coefficient (Wildman–Crippen LogP) is -1.52. The number of hydrogen-bond donors (Lipinski definition) is 4. The second-order valence-corrected chi connectivity index (χ2v) is 3.03. The highest BCUT2D eigenvalue weighted by molar-refractivity contribution is 4.89. The van der Waals surface area contributed by atoms with Gasteiger partial charge in [-0.3, -0.25) is 0 Å². The van der Waals surface area contributed by atoms with E-state index in [9.17, 15) is 15.3 Å². The zero-order valence-corrected chi connectivity index (χ0v) is 6.79. The first-order chi connectivity index (χ1) is 5.57. The maximum absolute atomic E-state index is 9.23. The summed E-state index contributed by atoms with van der Waals surface area (Å²) in [4.78, 5) is 0. The summed E-state index contributed by atoms with van der Waals surface area (Å²) in [5.74, 6) is 0. The minimum atomic E-state index is -1.24. The Morgan fingerprint density at radius 2 is 1.62 bits per heavy atom. The molecule has 0 amide bonds. The van der Waals surface area contributed by atoms with Gasteiger partial charge >= 0.3 is 0 Å². The van der Waals surface area contributed by atoms with E-state index in [-0.39, 0.29) is 14.0 Å². The van der Waals surface area contributed by atoms with Gasteiger partial charge < -0.3 is 25.2 Å². The molecule has 0 aromatic heterocycles. The number of aliphatic hydroxyl groups excluding tert-OH is 4. The van der Waals surface area contributed by atoms with Crippen molar-refractivity contribution in [1.29, 1.82) is 0 Å². The number of aliphatic hydroxyl groups is 4. The van der Waals surface area contributed by atoms with Crippen LogP contribution in [-0.2, 0) is 4.74 Å². The Bertz CT molecular complexity index is 147. The number of rotatable bonds is 1. The van der Waals surface area contributed by atoms with E-state index in [1.54, 1.807) is 6.92 Å². The van der Waals surface area contributed by atoms with Crippen LogP contribution in [0.1, 0.15) is 14.4 Å². The van der Waals surface area contributed by atoms with Crippen LogP contribution in [0, 0.1) is 0 Å². The fourth-order valence-corrected chi connectivity index (χ4v) is 1.29. The van der Waals surface area contributed by atoms with Crippen molar-refractivity contribution < 1.29 is 25.2 Å². The predicted molar refractivity (Wildman–Crippen MR) is 46.2 cm³/mol. The van der Waals surface area contributed by atoms with E-state index in [1.807, 2.05) is 0 Å². The van der Waals surface area contributed by atoms with Gasteiger partial charge in [0.05, 0.1) is 12.7 Å². The largest absolute Gasteiger partial charge is 0.394 e. The van der Waals surface area contributed by atoms with Crippen molar-refractivity contribution in [2.24, 2.45) is 0 Å². The Morgan fingerprint density at radius 1 is 1.08 bits per heavy atom. The second kappa shape index (κ2) is 4.88. The molecular weight excluding hydrogens is 176 g/mol. The van der Waals surface area contributed by atoms with Crippen LogP contribution in [0.4, 0.5) is 0 Å². The summed E-state index contributed by atoms with van der Waals surface area (Å²) in [5.41, 5.74) is 0. The lowest BCUT2D eigenvalue weighted by atomic mass is 9.96. The maximum atomic E-state index is 9.23. The van der Waals surface area contributed by atoms with Crippen molar-refractivity contribution in [2.45, 2.75) is 44.9 Å². The van der Waals surface area contributed by atoms with Crippen molar-refractivity contribution in [3.05, 3.63) is 0 Å². The molecule has 0 aromatic carbocycles. The molecule has 0 aromatic rings. The minimum absolute atomic E-state index is 0. The smallest absolute Gasteiger partial charge is 0.111 e. The van der Waals surface area contributed by atoms with Crippen LogP contribution in [0.5, 0.6) is 0 Å². The number of ether oxygens (including phenoxy) is 1. The Morgan fingerprint density at radius 3 is 2.08 bits per heavy atom. The van der Waals surface area contributed by atoms with Crippen molar-refractivity contribution in [3.63, 3.8) is 0 Å². The van der Waals surface area contributed by atoms with Gasteiger partial charge in [0.2, 0.25) is 0 Å². The van der Waals surface area contributed by atoms with E-state index in [0.29, 0.717) is 0 Å². The molecule has 1 saturated heterocycles. The lowest BCUT2D eigenvalue weighted by Gasteiger charge is -2.38. The van der Waals surface area contributed by atoms with Crippen LogP contribution in [0.25, 0.3) is 0 Å². The normalized spacial score (nSPS) is 45.5. The molecule has 0 saturated carbocycles. The first-order valence-electron chi connectivity index (χ1n) is 3.88. The topological polar surface area (TPSA) is 90.2 Å². The number of hydrogen-bond acceptors (Lipinski definition) is 5. The molecule has 0 radical (unpaired) electrons. The molecule has 1 aliphatic heterocycles. The summed E-state index contributed by atoms with van der Waals surface area (Å²) in [5, 5.41) is 36.4. The van der Waals surface area contributed by atoms with E-state index in [4.69, 9.17) is 9.84 Å². The van der Waals surface area contributed by atoms with Gasteiger partial charge in [0.1, 0.15) is 24.4 Å². The summed E-state index contributed by atoms with van der Waals surface area (Å²) in [7, 11) is 0. The van der Waals surface area contributed by atoms with Gasteiger partial charge in [0, 0.05) is 0 Å². The minimum Gasteiger partial charge on any atom is -0.394 e. The molecule has 5 heteroatoms. The van der Waals surface area contributed by atoms with Gasteiger partial charge in [-0.25, -0.2) is 0 Å². The van der Waals surface area contributed by atoms with E-state index < -0.39 is 30.5 Å². The second-order valence-electron chi connectivity index (χ2n) is 3.03. The Labute approximate surface area is 77.6 Å². The molecule has 0 spiro atoms. The van der Waals surface area contributed by atoms with Crippen LogP contribution >= 0.6 is 0 Å². The molecule has 1 rings (SSSR count). The Kier molecular flexibility index (Phi) is 4.80. The van der Waals surface area contributed by atoms with Gasteiger partial charge in [0.25, 0.3) is 0 Å². The molecule has 5 atom stereocenters. The van der Waals surface area contributed by atoms with Gasteiger partial charge in [-0.1, -0.05) is 7.43 Å². The van der Waals surface area contributed by atoms with E-state index in [1.165, 1.54) is 0 Å². The highest BCUT2D eigenvalue weighted by Gasteiger charge is 2.41. The molecular formula is C8H18O5. The summed E-state index contributed by atoms with van der Waals surface area (Å²) in [6.45, 7) is 1.21. The fraction of sp³-hybridized carbons (Fsp3) is 1.00. The van der Waals surface area contributed by atoms with Crippen LogP contribution in [0.15, 0.2) is 0 Å². The zero-order valence-electron chi connectivity index (χ0n) is 6.79. The zero-order chi connectivity index (χ0) is 9.30. The quantitative estimate of drug-likeness (QED) is 0.407. The van der Waals surface area contributed by atoms with Crippen molar-refractivity contribution >= 4 is 0 Å². The molecule has 0 aliphatic carbocycles. The molecule has 5 unspecified atom stereocenters. The van der Waals surface area contributed by atoms with Gasteiger partial charge in [0.15, 0.2) is 0 Å². The fourth-order valence-electron chi connectivity index (χ4n) is 1.29. The average molecular weight is 194 g/mol. The lowest BCUT2D eigenvalue weighted by Crippen LogP contribution is -2.57. The molecule has 80 valence electrons. The van der Waals surface area contributed by atoms with Gasteiger partial charge in [-0.2, -0.15) is 0 Å². The maximum Gasteiger partial charge on any atom is 0.111 e. The van der Waals surface area contributed by atoms with E-state index in [0.717, 1.165) is 0 Å². The molecule has 13 heavy (non-hydrogen) atoms. The Balaban J connectivity index is 0.00000144. The lowest BCUT2D eigenvalue weighted by molar-refractivity contribution is -0.224. The Hall–Kier alpha value is -0.200. The van der Waals surface area contributed by atoms with Crippen molar-refractivity contribution in [2.75, 3.05) is 6.61 Å². The standard InChI is InChI=1S/C7H14O5.CH4/c1-3-5(9)7(11)6(10)4(2-8)12-3;/h3-11H,2H2,1H3;1H4. The van der Waals surface area contributed by atoms with Crippen LogP contribution in [0.2, 0.25) is 0 Å². The molecule has 4 N–H and O–H groups in total.